The first-order valence-corrected chi connectivity index (χ1v) is 10.2. The SMILES string of the molecule is CC(C)(C)N(Cc1nc(-c2ccccc2)no1)S(=O)(=O)c1cccc([N+](=O)[O-])c1. The van der Waals surface area contributed by atoms with Gasteiger partial charge in [0.15, 0.2) is 0 Å². The van der Waals surface area contributed by atoms with E-state index in [1.807, 2.05) is 30.3 Å². The van der Waals surface area contributed by atoms with Crippen molar-refractivity contribution >= 4 is 15.7 Å². The quantitative estimate of drug-likeness (QED) is 0.444. The number of non-ortho nitro benzene ring substituents is 1. The molecule has 0 amide bonds. The average Bonchev–Trinajstić information content (AvgIpc) is 3.15. The molecule has 0 radical (unpaired) electrons. The summed E-state index contributed by atoms with van der Waals surface area (Å²) in [6, 6.07) is 14.1. The molecule has 0 bridgehead atoms. The van der Waals surface area contributed by atoms with Gasteiger partial charge in [-0.15, -0.1) is 0 Å². The maximum absolute atomic E-state index is 13.2. The van der Waals surface area contributed by atoms with Gasteiger partial charge < -0.3 is 4.52 Å². The summed E-state index contributed by atoms with van der Waals surface area (Å²) in [4.78, 5) is 14.5. The number of aromatic nitrogens is 2. The van der Waals surface area contributed by atoms with Crippen molar-refractivity contribution < 1.29 is 17.9 Å². The van der Waals surface area contributed by atoms with Crippen LogP contribution in [0, 0.1) is 10.1 Å². The average molecular weight is 416 g/mol. The van der Waals surface area contributed by atoms with E-state index in [9.17, 15) is 18.5 Å². The molecule has 2 aromatic carbocycles. The molecule has 3 rings (SSSR count). The summed E-state index contributed by atoms with van der Waals surface area (Å²) in [6.45, 7) is 4.98. The topological polar surface area (TPSA) is 119 Å². The number of benzene rings is 2. The lowest BCUT2D eigenvalue weighted by molar-refractivity contribution is -0.385. The van der Waals surface area contributed by atoms with Crippen molar-refractivity contribution in [2.45, 2.75) is 37.8 Å². The molecule has 0 fully saturated rings. The predicted octanol–water partition coefficient (Wildman–Crippen LogP) is 3.63. The summed E-state index contributed by atoms with van der Waals surface area (Å²) in [7, 11) is -4.07. The molecular formula is C19H20N4O5S. The monoisotopic (exact) mass is 416 g/mol. The number of sulfonamides is 1. The Morgan fingerprint density at radius 1 is 1.10 bits per heavy atom. The van der Waals surface area contributed by atoms with Crippen molar-refractivity contribution in [1.82, 2.24) is 14.4 Å². The van der Waals surface area contributed by atoms with Gasteiger partial charge in [-0.05, 0) is 26.8 Å². The molecule has 0 unspecified atom stereocenters. The first-order valence-electron chi connectivity index (χ1n) is 8.74. The van der Waals surface area contributed by atoms with Crippen LogP contribution in [0.5, 0.6) is 0 Å². The van der Waals surface area contributed by atoms with Crippen LogP contribution in [0.3, 0.4) is 0 Å². The van der Waals surface area contributed by atoms with Gasteiger partial charge in [-0.2, -0.15) is 9.29 Å². The normalized spacial score (nSPS) is 12.3. The van der Waals surface area contributed by atoms with Crippen LogP contribution in [0.15, 0.2) is 64.0 Å². The molecule has 10 heteroatoms. The van der Waals surface area contributed by atoms with Crippen molar-refractivity contribution in [3.8, 4) is 11.4 Å². The fourth-order valence-electron chi connectivity index (χ4n) is 2.71. The van der Waals surface area contributed by atoms with Gasteiger partial charge in [0, 0.05) is 23.2 Å². The van der Waals surface area contributed by atoms with E-state index in [1.54, 1.807) is 20.8 Å². The molecule has 3 aromatic rings. The van der Waals surface area contributed by atoms with E-state index in [2.05, 4.69) is 10.1 Å². The van der Waals surface area contributed by atoms with E-state index in [-0.39, 0.29) is 23.0 Å². The van der Waals surface area contributed by atoms with E-state index in [0.717, 1.165) is 11.6 Å². The number of rotatable bonds is 6. The maximum atomic E-state index is 13.2. The van der Waals surface area contributed by atoms with Crippen molar-refractivity contribution in [2.75, 3.05) is 0 Å². The molecule has 0 saturated heterocycles. The van der Waals surface area contributed by atoms with Gasteiger partial charge in [0.05, 0.1) is 16.4 Å². The minimum atomic E-state index is -4.07. The number of nitrogens with zero attached hydrogens (tertiary/aromatic N) is 4. The van der Waals surface area contributed by atoms with Crippen molar-refractivity contribution in [3.63, 3.8) is 0 Å². The molecule has 9 nitrogen and oxygen atoms in total. The summed E-state index contributed by atoms with van der Waals surface area (Å²) >= 11 is 0. The van der Waals surface area contributed by atoms with E-state index in [4.69, 9.17) is 4.52 Å². The molecule has 0 atom stereocenters. The number of nitro groups is 1. The Labute approximate surface area is 168 Å². The molecule has 0 spiro atoms. The van der Waals surface area contributed by atoms with E-state index in [1.165, 1.54) is 22.5 Å². The van der Waals surface area contributed by atoms with Crippen LogP contribution in [0.4, 0.5) is 5.69 Å². The number of hydrogen-bond acceptors (Lipinski definition) is 7. The van der Waals surface area contributed by atoms with Crippen molar-refractivity contribution in [2.24, 2.45) is 0 Å². The summed E-state index contributed by atoms with van der Waals surface area (Å²) < 4.78 is 32.9. The van der Waals surface area contributed by atoms with Crippen LogP contribution < -0.4 is 0 Å². The first-order chi connectivity index (χ1) is 13.6. The zero-order valence-electron chi connectivity index (χ0n) is 16.1. The Morgan fingerprint density at radius 2 is 1.79 bits per heavy atom. The molecule has 0 aliphatic heterocycles. The van der Waals surface area contributed by atoms with Crippen molar-refractivity contribution in [1.29, 1.82) is 0 Å². The maximum Gasteiger partial charge on any atom is 0.270 e. The Kier molecular flexibility index (Phi) is 5.49. The summed E-state index contributed by atoms with van der Waals surface area (Å²) in [5.74, 6) is 0.468. The smallest absolute Gasteiger partial charge is 0.270 e. The van der Waals surface area contributed by atoms with Gasteiger partial charge in [0.1, 0.15) is 0 Å². The molecule has 0 saturated carbocycles. The minimum absolute atomic E-state index is 0.118. The number of hydrogen-bond donors (Lipinski definition) is 0. The standard InChI is InChI=1S/C19H20N4O5S/c1-19(2,3)22(29(26,27)16-11-7-10-15(12-16)23(24)25)13-17-20-18(21-28-17)14-8-5-4-6-9-14/h4-12H,13H2,1-3H3. The second kappa shape index (κ2) is 7.72. The van der Waals surface area contributed by atoms with Gasteiger partial charge in [-0.1, -0.05) is 41.6 Å². The van der Waals surface area contributed by atoms with Gasteiger partial charge in [0.2, 0.25) is 21.7 Å². The van der Waals surface area contributed by atoms with E-state index >= 15 is 0 Å². The van der Waals surface area contributed by atoms with Crippen LogP contribution >= 0.6 is 0 Å². The van der Waals surface area contributed by atoms with Crippen LogP contribution in [0.25, 0.3) is 11.4 Å². The Balaban J connectivity index is 1.96. The van der Waals surface area contributed by atoms with Crippen LogP contribution in [0.1, 0.15) is 26.7 Å². The third-order valence-electron chi connectivity index (χ3n) is 4.14. The third-order valence-corrected chi connectivity index (χ3v) is 6.25. The fourth-order valence-corrected chi connectivity index (χ4v) is 4.49. The summed E-state index contributed by atoms with van der Waals surface area (Å²) in [6.07, 6.45) is 0. The molecule has 152 valence electrons. The summed E-state index contributed by atoms with van der Waals surface area (Å²) in [5, 5.41) is 15.0. The zero-order valence-corrected chi connectivity index (χ0v) is 17.0. The minimum Gasteiger partial charge on any atom is -0.338 e. The lowest BCUT2D eigenvalue weighted by atomic mass is 10.1. The largest absolute Gasteiger partial charge is 0.338 e. The first kappa shape index (κ1) is 20.6. The molecule has 1 aromatic heterocycles. The van der Waals surface area contributed by atoms with Gasteiger partial charge in [-0.3, -0.25) is 10.1 Å². The Hall–Kier alpha value is -3.11. The molecule has 0 N–H and O–H groups in total. The molecule has 1 heterocycles. The Morgan fingerprint density at radius 3 is 2.41 bits per heavy atom. The van der Waals surface area contributed by atoms with Gasteiger partial charge in [0.25, 0.3) is 5.69 Å². The lowest BCUT2D eigenvalue weighted by Crippen LogP contribution is -2.45. The Bertz CT molecular complexity index is 1120. The van der Waals surface area contributed by atoms with E-state index < -0.39 is 20.5 Å². The van der Waals surface area contributed by atoms with Crippen LogP contribution in [-0.2, 0) is 16.6 Å². The van der Waals surface area contributed by atoms with Gasteiger partial charge >= 0.3 is 0 Å². The highest BCUT2D eigenvalue weighted by atomic mass is 32.2. The summed E-state index contributed by atoms with van der Waals surface area (Å²) in [5.41, 5.74) is -0.402. The molecule has 29 heavy (non-hydrogen) atoms. The zero-order chi connectivity index (χ0) is 21.2. The molecular weight excluding hydrogens is 396 g/mol. The third kappa shape index (κ3) is 4.49. The fraction of sp³-hybridized carbons (Fsp3) is 0.263. The van der Waals surface area contributed by atoms with Crippen LogP contribution in [0.2, 0.25) is 0 Å². The lowest BCUT2D eigenvalue weighted by Gasteiger charge is -2.33. The highest BCUT2D eigenvalue weighted by Gasteiger charge is 2.36. The van der Waals surface area contributed by atoms with Gasteiger partial charge in [-0.25, -0.2) is 8.42 Å². The second-order valence-electron chi connectivity index (χ2n) is 7.31. The highest BCUT2D eigenvalue weighted by molar-refractivity contribution is 7.89. The predicted molar refractivity (Wildman–Crippen MR) is 105 cm³/mol. The highest BCUT2D eigenvalue weighted by Crippen LogP contribution is 2.28. The number of nitro benzene ring substituents is 1. The second-order valence-corrected chi connectivity index (χ2v) is 9.18. The molecule has 0 aliphatic carbocycles. The van der Waals surface area contributed by atoms with Crippen molar-refractivity contribution in [3.05, 3.63) is 70.6 Å². The molecule has 0 aliphatic rings. The van der Waals surface area contributed by atoms with Crippen LogP contribution in [-0.4, -0.2) is 33.3 Å². The van der Waals surface area contributed by atoms with E-state index in [0.29, 0.717) is 5.82 Å².